The lowest BCUT2D eigenvalue weighted by Gasteiger charge is -2.37. The van der Waals surface area contributed by atoms with Crippen LogP contribution in [0.1, 0.15) is 32.3 Å². The van der Waals surface area contributed by atoms with Gasteiger partial charge in [0.2, 0.25) is 11.6 Å². The Kier molecular flexibility index (Phi) is 6.96. The number of nitrogens with zero attached hydrogens (tertiary/aromatic N) is 7. The van der Waals surface area contributed by atoms with Crippen molar-refractivity contribution in [3.63, 3.8) is 0 Å². The first kappa shape index (κ1) is 22.8. The number of hydrogen-bond donors (Lipinski definition) is 0. The van der Waals surface area contributed by atoms with E-state index in [1.54, 1.807) is 17.3 Å². The first-order chi connectivity index (χ1) is 16.0. The lowest BCUT2D eigenvalue weighted by molar-refractivity contribution is -0.132. The largest absolute Gasteiger partial charge is 0.368 e. The van der Waals surface area contributed by atoms with E-state index in [1.807, 2.05) is 13.8 Å². The SMILES string of the molecule is CCCN(CCC)C(=O)Cn1nc2c(N3CCN(c4ccccc4C)CC3)nccn2c1=O. The fraction of sp³-hybridized carbons (Fsp3) is 0.500. The van der Waals surface area contributed by atoms with Gasteiger partial charge in [-0.1, -0.05) is 32.0 Å². The number of rotatable bonds is 8. The predicted octanol–water partition coefficient (Wildman–Crippen LogP) is 2.17. The highest BCUT2D eigenvalue weighted by molar-refractivity contribution is 5.76. The maximum absolute atomic E-state index is 12.9. The summed E-state index contributed by atoms with van der Waals surface area (Å²) in [5.74, 6) is 0.606. The molecule has 0 bridgehead atoms. The molecule has 9 nitrogen and oxygen atoms in total. The molecule has 1 aliphatic rings. The number of benzene rings is 1. The van der Waals surface area contributed by atoms with Gasteiger partial charge in [0.05, 0.1) is 0 Å². The Morgan fingerprint density at radius 2 is 1.70 bits per heavy atom. The topological polar surface area (TPSA) is 79.0 Å². The van der Waals surface area contributed by atoms with Crippen LogP contribution < -0.4 is 15.5 Å². The van der Waals surface area contributed by atoms with Gasteiger partial charge in [0.25, 0.3) is 0 Å². The van der Waals surface area contributed by atoms with Crippen molar-refractivity contribution in [1.82, 2.24) is 24.1 Å². The highest BCUT2D eigenvalue weighted by Gasteiger charge is 2.24. The molecule has 176 valence electrons. The number of aromatic nitrogens is 4. The molecule has 1 aromatic carbocycles. The highest BCUT2D eigenvalue weighted by atomic mass is 16.2. The Hall–Kier alpha value is -3.36. The number of amides is 1. The van der Waals surface area contributed by atoms with E-state index in [1.165, 1.54) is 20.3 Å². The summed E-state index contributed by atoms with van der Waals surface area (Å²) in [5.41, 5.74) is 2.71. The van der Waals surface area contributed by atoms with Crippen LogP contribution in [0.15, 0.2) is 41.5 Å². The fourth-order valence-electron chi connectivity index (χ4n) is 4.47. The number of carbonyl (C=O) groups is 1. The summed E-state index contributed by atoms with van der Waals surface area (Å²) in [5, 5.41) is 4.52. The first-order valence-electron chi connectivity index (χ1n) is 11.8. The summed E-state index contributed by atoms with van der Waals surface area (Å²) in [4.78, 5) is 36.6. The van der Waals surface area contributed by atoms with Crippen molar-refractivity contribution in [1.29, 1.82) is 0 Å². The molecule has 3 aromatic rings. The summed E-state index contributed by atoms with van der Waals surface area (Å²) < 4.78 is 2.76. The van der Waals surface area contributed by atoms with Crippen LogP contribution in [0.25, 0.3) is 5.65 Å². The molecule has 0 saturated carbocycles. The minimum atomic E-state index is -0.312. The number of piperazine rings is 1. The normalized spacial score (nSPS) is 14.2. The number of anilines is 2. The van der Waals surface area contributed by atoms with Crippen molar-refractivity contribution in [3.8, 4) is 0 Å². The second-order valence-electron chi connectivity index (χ2n) is 8.53. The zero-order chi connectivity index (χ0) is 23.4. The molecule has 2 aromatic heterocycles. The quantitative estimate of drug-likeness (QED) is 0.522. The molecule has 0 unspecified atom stereocenters. The molecule has 0 aliphatic carbocycles. The second-order valence-corrected chi connectivity index (χ2v) is 8.53. The molecule has 1 fully saturated rings. The van der Waals surface area contributed by atoms with Gasteiger partial charge in [-0.2, -0.15) is 0 Å². The van der Waals surface area contributed by atoms with Crippen LogP contribution in [0.2, 0.25) is 0 Å². The molecule has 4 rings (SSSR count). The minimum absolute atomic E-state index is 0.0545. The Labute approximate surface area is 194 Å². The van der Waals surface area contributed by atoms with Crippen LogP contribution in [0.3, 0.4) is 0 Å². The van der Waals surface area contributed by atoms with Crippen molar-refractivity contribution < 1.29 is 4.79 Å². The smallest absolute Gasteiger partial charge is 0.350 e. The number of carbonyl (C=O) groups excluding carboxylic acids is 1. The Balaban J connectivity index is 1.54. The molecule has 0 atom stereocenters. The average molecular weight is 452 g/mol. The van der Waals surface area contributed by atoms with E-state index in [2.05, 4.69) is 51.1 Å². The fourth-order valence-corrected chi connectivity index (χ4v) is 4.47. The molecule has 9 heteroatoms. The zero-order valence-electron chi connectivity index (χ0n) is 19.8. The zero-order valence-corrected chi connectivity index (χ0v) is 19.8. The lowest BCUT2D eigenvalue weighted by Crippen LogP contribution is -2.47. The van der Waals surface area contributed by atoms with Gasteiger partial charge in [0.15, 0.2) is 5.82 Å². The van der Waals surface area contributed by atoms with Gasteiger partial charge in [-0.05, 0) is 31.4 Å². The Morgan fingerprint density at radius 3 is 2.36 bits per heavy atom. The van der Waals surface area contributed by atoms with Crippen LogP contribution >= 0.6 is 0 Å². The van der Waals surface area contributed by atoms with E-state index in [0.717, 1.165) is 39.0 Å². The molecule has 0 spiro atoms. The van der Waals surface area contributed by atoms with Crippen LogP contribution in [0.4, 0.5) is 11.5 Å². The van der Waals surface area contributed by atoms with Crippen molar-refractivity contribution in [2.24, 2.45) is 0 Å². The third-order valence-electron chi connectivity index (χ3n) is 6.14. The van der Waals surface area contributed by atoms with E-state index in [9.17, 15) is 9.59 Å². The van der Waals surface area contributed by atoms with Crippen LogP contribution in [0.5, 0.6) is 0 Å². The molecule has 1 aliphatic heterocycles. The minimum Gasteiger partial charge on any atom is -0.368 e. The first-order valence-corrected chi connectivity index (χ1v) is 11.8. The van der Waals surface area contributed by atoms with Crippen LogP contribution in [-0.4, -0.2) is 69.2 Å². The molecule has 0 radical (unpaired) electrons. The van der Waals surface area contributed by atoms with Crippen LogP contribution in [-0.2, 0) is 11.3 Å². The summed E-state index contributed by atoms with van der Waals surface area (Å²) in [6.45, 7) is 10.8. The van der Waals surface area contributed by atoms with Crippen molar-refractivity contribution in [3.05, 3.63) is 52.7 Å². The predicted molar refractivity (Wildman–Crippen MR) is 130 cm³/mol. The van der Waals surface area contributed by atoms with Gasteiger partial charge in [-0.15, -0.1) is 5.10 Å². The van der Waals surface area contributed by atoms with Gasteiger partial charge >= 0.3 is 5.69 Å². The van der Waals surface area contributed by atoms with Crippen LogP contribution in [0, 0.1) is 6.92 Å². The third kappa shape index (κ3) is 4.72. The van der Waals surface area contributed by atoms with E-state index in [4.69, 9.17) is 0 Å². The monoisotopic (exact) mass is 451 g/mol. The van der Waals surface area contributed by atoms with Gasteiger partial charge in [-0.3, -0.25) is 4.79 Å². The lowest BCUT2D eigenvalue weighted by atomic mass is 10.1. The molecule has 1 saturated heterocycles. The Morgan fingerprint density at radius 1 is 1.03 bits per heavy atom. The van der Waals surface area contributed by atoms with Crippen molar-refractivity contribution >= 4 is 23.1 Å². The molecule has 33 heavy (non-hydrogen) atoms. The number of aryl methyl sites for hydroxylation is 1. The highest BCUT2D eigenvalue weighted by Crippen LogP contribution is 2.23. The van der Waals surface area contributed by atoms with E-state index < -0.39 is 0 Å². The summed E-state index contributed by atoms with van der Waals surface area (Å²) in [6.07, 6.45) is 5.02. The molecule has 3 heterocycles. The van der Waals surface area contributed by atoms with Crippen molar-refractivity contribution in [2.75, 3.05) is 49.1 Å². The molecular weight excluding hydrogens is 418 g/mol. The van der Waals surface area contributed by atoms with Gasteiger partial charge in [-0.25, -0.2) is 18.9 Å². The van der Waals surface area contributed by atoms with E-state index in [0.29, 0.717) is 24.6 Å². The van der Waals surface area contributed by atoms with E-state index in [-0.39, 0.29) is 18.1 Å². The maximum Gasteiger partial charge on any atom is 0.350 e. The van der Waals surface area contributed by atoms with Gasteiger partial charge in [0, 0.05) is 57.3 Å². The van der Waals surface area contributed by atoms with Gasteiger partial charge < -0.3 is 14.7 Å². The molecular formula is C24H33N7O2. The second kappa shape index (κ2) is 10.1. The van der Waals surface area contributed by atoms with Gasteiger partial charge in [0.1, 0.15) is 6.54 Å². The average Bonchev–Trinajstić information content (AvgIpc) is 3.14. The number of para-hydroxylation sites is 1. The molecule has 1 amide bonds. The number of hydrogen-bond acceptors (Lipinski definition) is 6. The number of fused-ring (bicyclic) bond motifs is 1. The standard InChI is InChI=1S/C24H33N7O2/c1-4-11-28(12-5-2)21(32)18-31-24(33)30-13-10-25-22(23(30)26-31)29-16-14-27(15-17-29)20-9-7-6-8-19(20)3/h6-10,13H,4-5,11-12,14-18H2,1-3H3. The summed E-state index contributed by atoms with van der Waals surface area (Å²) >= 11 is 0. The van der Waals surface area contributed by atoms with E-state index >= 15 is 0 Å². The third-order valence-corrected chi connectivity index (χ3v) is 6.14. The van der Waals surface area contributed by atoms with Crippen molar-refractivity contribution in [2.45, 2.75) is 40.2 Å². The summed E-state index contributed by atoms with van der Waals surface area (Å²) in [7, 11) is 0. The maximum atomic E-state index is 12.9. The Bertz CT molecular complexity index is 1160. The summed E-state index contributed by atoms with van der Waals surface area (Å²) in [6, 6.07) is 8.41. The molecule has 0 N–H and O–H groups in total.